The van der Waals surface area contributed by atoms with Crippen molar-refractivity contribution < 1.29 is 18.9 Å². The molecule has 0 amide bonds. The summed E-state index contributed by atoms with van der Waals surface area (Å²) in [5.41, 5.74) is 1.12. The lowest BCUT2D eigenvalue weighted by atomic mass is 10.1. The van der Waals surface area contributed by atoms with Crippen molar-refractivity contribution in [1.29, 1.82) is 0 Å². The van der Waals surface area contributed by atoms with Crippen LogP contribution in [0.25, 0.3) is 0 Å². The van der Waals surface area contributed by atoms with Crippen LogP contribution >= 0.6 is 0 Å². The van der Waals surface area contributed by atoms with Gasteiger partial charge in [-0.25, -0.2) is 0 Å². The van der Waals surface area contributed by atoms with Gasteiger partial charge in [-0.2, -0.15) is 0 Å². The fraction of sp³-hybridized carbons (Fsp3) is 0.529. The molecular weight excluding hydrogens is 268 g/mol. The summed E-state index contributed by atoms with van der Waals surface area (Å²) in [6, 6.07) is 10.0. The van der Waals surface area contributed by atoms with Crippen molar-refractivity contribution in [3.8, 4) is 0 Å². The van der Waals surface area contributed by atoms with Gasteiger partial charge in [0.05, 0.1) is 13.2 Å². The minimum atomic E-state index is -0.642. The number of rotatable bonds is 6. The number of hydrogen-bond donors (Lipinski definition) is 0. The molecule has 0 radical (unpaired) electrons. The molecule has 1 aliphatic rings. The number of hydrogen-bond acceptors (Lipinski definition) is 4. The van der Waals surface area contributed by atoms with Crippen LogP contribution < -0.4 is 0 Å². The van der Waals surface area contributed by atoms with Gasteiger partial charge in [-0.3, -0.25) is 0 Å². The maximum atomic E-state index is 5.98. The molecule has 116 valence electrons. The third kappa shape index (κ3) is 4.38. The Labute approximate surface area is 126 Å². The normalized spacial score (nSPS) is 26.2. The van der Waals surface area contributed by atoms with Gasteiger partial charge in [-0.15, -0.1) is 6.58 Å². The first kappa shape index (κ1) is 16.2. The second-order valence-electron chi connectivity index (χ2n) is 5.56. The van der Waals surface area contributed by atoms with Crippen LogP contribution in [0.4, 0.5) is 0 Å². The van der Waals surface area contributed by atoms with E-state index in [0.29, 0.717) is 13.2 Å². The Balaban J connectivity index is 2.02. The first-order chi connectivity index (χ1) is 10.1. The van der Waals surface area contributed by atoms with Crippen molar-refractivity contribution in [2.75, 3.05) is 13.7 Å². The van der Waals surface area contributed by atoms with Crippen molar-refractivity contribution in [3.05, 3.63) is 48.6 Å². The molecule has 1 fully saturated rings. The van der Waals surface area contributed by atoms with Crippen LogP contribution in [0.15, 0.2) is 43.0 Å². The van der Waals surface area contributed by atoms with E-state index in [4.69, 9.17) is 18.9 Å². The summed E-state index contributed by atoms with van der Waals surface area (Å²) in [5.74, 6) is -0.642. The first-order valence-electron chi connectivity index (χ1n) is 7.18. The highest BCUT2D eigenvalue weighted by atomic mass is 16.7. The Morgan fingerprint density at radius 2 is 2.10 bits per heavy atom. The lowest BCUT2D eigenvalue weighted by Crippen LogP contribution is -2.54. The highest BCUT2D eigenvalue weighted by Crippen LogP contribution is 2.27. The summed E-state index contributed by atoms with van der Waals surface area (Å²) in [6.45, 7) is 8.64. The van der Waals surface area contributed by atoms with Gasteiger partial charge in [-0.05, 0) is 19.4 Å². The van der Waals surface area contributed by atoms with Crippen LogP contribution in [0, 0.1) is 0 Å². The minimum absolute atomic E-state index is 0.170. The van der Waals surface area contributed by atoms with E-state index >= 15 is 0 Å². The molecule has 0 unspecified atom stereocenters. The van der Waals surface area contributed by atoms with E-state index in [2.05, 4.69) is 6.58 Å². The molecule has 1 aromatic rings. The van der Waals surface area contributed by atoms with Crippen molar-refractivity contribution in [2.45, 2.75) is 44.6 Å². The van der Waals surface area contributed by atoms with Gasteiger partial charge in [0.2, 0.25) is 0 Å². The van der Waals surface area contributed by atoms with E-state index in [0.717, 1.165) is 5.56 Å². The van der Waals surface area contributed by atoms with Crippen LogP contribution in [-0.2, 0) is 25.6 Å². The van der Waals surface area contributed by atoms with Gasteiger partial charge in [-0.1, -0.05) is 36.4 Å². The zero-order valence-corrected chi connectivity index (χ0v) is 13.0. The zero-order valence-electron chi connectivity index (χ0n) is 13.0. The Morgan fingerprint density at radius 1 is 1.38 bits per heavy atom. The van der Waals surface area contributed by atoms with E-state index in [9.17, 15) is 0 Å². The monoisotopic (exact) mass is 292 g/mol. The van der Waals surface area contributed by atoms with Crippen LogP contribution in [0.3, 0.4) is 0 Å². The molecular formula is C17H24O4. The highest BCUT2D eigenvalue weighted by molar-refractivity contribution is 5.13. The molecule has 2 rings (SSSR count). The third-order valence-electron chi connectivity index (χ3n) is 3.53. The standard InChI is InChI=1S/C17H24O4/c1-5-14(19-11-13-9-7-6-8-10-13)16-15(18-4)12-20-17(2,3)21-16/h5-10,14-16H,1,11-12H2,2-4H3/t14-,15+,16+/m0/s1. The van der Waals surface area contributed by atoms with Crippen molar-refractivity contribution in [3.63, 3.8) is 0 Å². The largest absolute Gasteiger partial charge is 0.376 e. The molecule has 0 aliphatic carbocycles. The second-order valence-corrected chi connectivity index (χ2v) is 5.56. The molecule has 4 heteroatoms. The summed E-state index contributed by atoms with van der Waals surface area (Å²) >= 11 is 0. The van der Waals surface area contributed by atoms with Crippen LogP contribution in [-0.4, -0.2) is 37.8 Å². The van der Waals surface area contributed by atoms with E-state index in [1.165, 1.54) is 0 Å². The van der Waals surface area contributed by atoms with Gasteiger partial charge >= 0.3 is 0 Å². The topological polar surface area (TPSA) is 36.9 Å². The van der Waals surface area contributed by atoms with Gasteiger partial charge in [0.25, 0.3) is 0 Å². The average molecular weight is 292 g/mol. The fourth-order valence-electron chi connectivity index (χ4n) is 2.36. The number of ether oxygens (including phenoxy) is 4. The molecule has 1 aliphatic heterocycles. The smallest absolute Gasteiger partial charge is 0.163 e. The number of methoxy groups -OCH3 is 1. The predicted octanol–water partition coefficient (Wildman–Crippen LogP) is 2.92. The van der Waals surface area contributed by atoms with Crippen LogP contribution in [0.5, 0.6) is 0 Å². The van der Waals surface area contributed by atoms with Gasteiger partial charge < -0.3 is 18.9 Å². The predicted molar refractivity (Wildman–Crippen MR) is 80.9 cm³/mol. The zero-order chi connectivity index (χ0) is 15.3. The Bertz CT molecular complexity index is 443. The Morgan fingerprint density at radius 3 is 2.71 bits per heavy atom. The highest BCUT2D eigenvalue weighted by Gasteiger charge is 2.40. The van der Waals surface area contributed by atoms with Gasteiger partial charge in [0.1, 0.15) is 18.3 Å². The fourth-order valence-corrected chi connectivity index (χ4v) is 2.36. The van der Waals surface area contributed by atoms with Gasteiger partial charge in [0, 0.05) is 7.11 Å². The Kier molecular flexibility index (Phi) is 5.53. The van der Waals surface area contributed by atoms with E-state index < -0.39 is 5.79 Å². The molecule has 3 atom stereocenters. The summed E-state index contributed by atoms with van der Waals surface area (Å²) in [4.78, 5) is 0. The maximum absolute atomic E-state index is 5.98. The van der Waals surface area contributed by atoms with Gasteiger partial charge in [0.15, 0.2) is 5.79 Å². The van der Waals surface area contributed by atoms with E-state index in [-0.39, 0.29) is 18.3 Å². The first-order valence-corrected chi connectivity index (χ1v) is 7.18. The van der Waals surface area contributed by atoms with Crippen LogP contribution in [0.2, 0.25) is 0 Å². The molecule has 1 saturated heterocycles. The molecule has 4 nitrogen and oxygen atoms in total. The number of benzene rings is 1. The molecule has 0 saturated carbocycles. The van der Waals surface area contributed by atoms with Crippen molar-refractivity contribution >= 4 is 0 Å². The van der Waals surface area contributed by atoms with E-state index in [1.54, 1.807) is 13.2 Å². The van der Waals surface area contributed by atoms with E-state index in [1.807, 2.05) is 44.2 Å². The molecule has 0 aromatic heterocycles. The lowest BCUT2D eigenvalue weighted by Gasteiger charge is -2.42. The summed E-state index contributed by atoms with van der Waals surface area (Å²) < 4.78 is 23.0. The average Bonchev–Trinajstić information content (AvgIpc) is 2.48. The van der Waals surface area contributed by atoms with Crippen molar-refractivity contribution in [1.82, 2.24) is 0 Å². The molecule has 21 heavy (non-hydrogen) atoms. The summed E-state index contributed by atoms with van der Waals surface area (Å²) in [6.07, 6.45) is 1.11. The molecule has 0 N–H and O–H groups in total. The van der Waals surface area contributed by atoms with Crippen molar-refractivity contribution in [2.24, 2.45) is 0 Å². The lowest BCUT2D eigenvalue weighted by molar-refractivity contribution is -0.321. The molecule has 0 spiro atoms. The third-order valence-corrected chi connectivity index (χ3v) is 3.53. The molecule has 1 aromatic carbocycles. The minimum Gasteiger partial charge on any atom is -0.376 e. The quantitative estimate of drug-likeness (QED) is 0.755. The summed E-state index contributed by atoms with van der Waals surface area (Å²) in [5, 5.41) is 0. The summed E-state index contributed by atoms with van der Waals surface area (Å²) in [7, 11) is 1.65. The molecule has 1 heterocycles. The SMILES string of the molecule is C=C[C@H](OCc1ccccc1)[C@H]1OC(C)(C)OC[C@H]1OC. The second kappa shape index (κ2) is 7.18. The maximum Gasteiger partial charge on any atom is 0.163 e. The van der Waals surface area contributed by atoms with Crippen LogP contribution in [0.1, 0.15) is 19.4 Å². The molecule has 0 bridgehead atoms. The Hall–Kier alpha value is -1.20.